The van der Waals surface area contributed by atoms with Gasteiger partial charge in [-0.25, -0.2) is 0 Å². The van der Waals surface area contributed by atoms with Gasteiger partial charge in [-0.05, 0) is 19.9 Å². The van der Waals surface area contributed by atoms with Crippen LogP contribution in [0.25, 0.3) is 0 Å². The molecular weight excluding hydrogens is 284 g/mol. The molecule has 0 spiro atoms. The first-order valence-electron chi connectivity index (χ1n) is 4.58. The standard InChI is InChI=1S/C10H14ClN3O.2ClH/c1-10(2,6-12)14-9(15)7-3-4-13-5-8(7)11;;/h3-5H,6,12H2,1-2H3,(H,14,15);2*1H. The lowest BCUT2D eigenvalue weighted by atomic mass is 10.1. The molecule has 7 heteroatoms. The number of nitrogens with zero attached hydrogens (tertiary/aromatic N) is 1. The number of carbonyl (C=O) groups excluding carboxylic acids is 1. The Morgan fingerprint density at radius 1 is 1.53 bits per heavy atom. The van der Waals surface area contributed by atoms with Gasteiger partial charge >= 0.3 is 0 Å². The number of rotatable bonds is 3. The largest absolute Gasteiger partial charge is 0.346 e. The first-order valence-corrected chi connectivity index (χ1v) is 4.96. The van der Waals surface area contributed by atoms with Gasteiger partial charge in [-0.15, -0.1) is 24.8 Å². The molecule has 0 aliphatic rings. The maximum atomic E-state index is 11.8. The van der Waals surface area contributed by atoms with Crippen molar-refractivity contribution in [2.75, 3.05) is 6.54 Å². The zero-order valence-corrected chi connectivity index (χ0v) is 12.0. The number of hydrogen-bond acceptors (Lipinski definition) is 3. The van der Waals surface area contributed by atoms with Gasteiger partial charge in [-0.3, -0.25) is 9.78 Å². The second-order valence-corrected chi connectivity index (χ2v) is 4.30. The fourth-order valence-corrected chi connectivity index (χ4v) is 1.19. The predicted molar refractivity (Wildman–Crippen MR) is 74.3 cm³/mol. The average Bonchev–Trinajstić information content (AvgIpc) is 2.17. The topological polar surface area (TPSA) is 68.0 Å². The summed E-state index contributed by atoms with van der Waals surface area (Å²) in [6, 6.07) is 1.57. The van der Waals surface area contributed by atoms with Crippen LogP contribution < -0.4 is 11.1 Å². The van der Waals surface area contributed by atoms with Gasteiger partial charge in [0.2, 0.25) is 0 Å². The lowest BCUT2D eigenvalue weighted by molar-refractivity contribution is 0.0916. The summed E-state index contributed by atoms with van der Waals surface area (Å²) in [5.41, 5.74) is 5.48. The number of hydrogen-bond donors (Lipinski definition) is 2. The van der Waals surface area contributed by atoms with Crippen molar-refractivity contribution in [3.8, 4) is 0 Å². The molecule has 0 bridgehead atoms. The summed E-state index contributed by atoms with van der Waals surface area (Å²) < 4.78 is 0. The van der Waals surface area contributed by atoms with E-state index in [0.717, 1.165) is 0 Å². The second kappa shape index (κ2) is 7.71. The molecule has 3 N–H and O–H groups in total. The molecule has 98 valence electrons. The van der Waals surface area contributed by atoms with Crippen LogP contribution in [0.15, 0.2) is 18.5 Å². The van der Waals surface area contributed by atoms with E-state index >= 15 is 0 Å². The molecule has 0 atom stereocenters. The zero-order valence-electron chi connectivity index (χ0n) is 9.57. The van der Waals surface area contributed by atoms with Crippen LogP contribution in [0.2, 0.25) is 5.02 Å². The van der Waals surface area contributed by atoms with Crippen LogP contribution in [0.1, 0.15) is 24.2 Å². The molecule has 1 amide bonds. The molecule has 0 aromatic carbocycles. The highest BCUT2D eigenvalue weighted by molar-refractivity contribution is 6.33. The summed E-state index contributed by atoms with van der Waals surface area (Å²) in [7, 11) is 0. The lowest BCUT2D eigenvalue weighted by Gasteiger charge is -2.24. The van der Waals surface area contributed by atoms with Crippen molar-refractivity contribution in [1.82, 2.24) is 10.3 Å². The highest BCUT2D eigenvalue weighted by Crippen LogP contribution is 2.14. The summed E-state index contributed by atoms with van der Waals surface area (Å²) in [6.07, 6.45) is 2.96. The summed E-state index contributed by atoms with van der Waals surface area (Å²) >= 11 is 5.84. The fraction of sp³-hybridized carbons (Fsp3) is 0.400. The van der Waals surface area contributed by atoms with Crippen LogP contribution >= 0.6 is 36.4 Å². The Balaban J connectivity index is 0. The number of nitrogens with two attached hydrogens (primary N) is 1. The molecule has 1 heterocycles. The maximum absolute atomic E-state index is 11.8. The molecule has 1 rings (SSSR count). The predicted octanol–water partition coefficient (Wildman–Crippen LogP) is 2.05. The van der Waals surface area contributed by atoms with Crippen LogP contribution in [0.5, 0.6) is 0 Å². The third-order valence-corrected chi connectivity index (χ3v) is 2.28. The van der Waals surface area contributed by atoms with Gasteiger partial charge in [0.05, 0.1) is 10.6 Å². The van der Waals surface area contributed by atoms with Gasteiger partial charge in [0.1, 0.15) is 0 Å². The quantitative estimate of drug-likeness (QED) is 0.897. The van der Waals surface area contributed by atoms with Crippen molar-refractivity contribution in [1.29, 1.82) is 0 Å². The first kappa shape index (κ1) is 18.8. The van der Waals surface area contributed by atoms with Crippen molar-refractivity contribution in [2.24, 2.45) is 5.73 Å². The van der Waals surface area contributed by atoms with Gasteiger partial charge in [0.25, 0.3) is 5.91 Å². The molecule has 0 aliphatic heterocycles. The van der Waals surface area contributed by atoms with E-state index in [9.17, 15) is 4.79 Å². The van der Waals surface area contributed by atoms with Crippen LogP contribution in [-0.2, 0) is 0 Å². The summed E-state index contributed by atoms with van der Waals surface area (Å²) in [6.45, 7) is 4.06. The Labute approximate surface area is 118 Å². The molecule has 0 saturated heterocycles. The highest BCUT2D eigenvalue weighted by Gasteiger charge is 2.20. The third-order valence-electron chi connectivity index (χ3n) is 1.98. The van der Waals surface area contributed by atoms with E-state index in [4.69, 9.17) is 17.3 Å². The molecule has 1 aromatic rings. The Morgan fingerprint density at radius 3 is 2.59 bits per heavy atom. The molecule has 0 aliphatic carbocycles. The maximum Gasteiger partial charge on any atom is 0.253 e. The normalized spacial score (nSPS) is 9.88. The molecule has 0 radical (unpaired) electrons. The summed E-state index contributed by atoms with van der Waals surface area (Å²) in [4.78, 5) is 15.6. The number of amides is 1. The van der Waals surface area contributed by atoms with Gasteiger partial charge in [-0.2, -0.15) is 0 Å². The minimum atomic E-state index is -0.441. The summed E-state index contributed by atoms with van der Waals surface area (Å²) in [5.74, 6) is -0.238. The van der Waals surface area contributed by atoms with Gasteiger partial charge in [0, 0.05) is 24.5 Å². The van der Waals surface area contributed by atoms with Crippen molar-refractivity contribution in [2.45, 2.75) is 19.4 Å². The number of carbonyl (C=O) groups is 1. The Bertz CT molecular complexity index is 372. The highest BCUT2D eigenvalue weighted by atomic mass is 35.5. The lowest BCUT2D eigenvalue weighted by Crippen LogP contribution is -2.48. The average molecular weight is 301 g/mol. The minimum absolute atomic E-state index is 0. The van der Waals surface area contributed by atoms with Crippen LogP contribution in [0.4, 0.5) is 0 Å². The van der Waals surface area contributed by atoms with E-state index in [-0.39, 0.29) is 30.7 Å². The van der Waals surface area contributed by atoms with Crippen LogP contribution in [0, 0.1) is 0 Å². The molecule has 0 fully saturated rings. The smallest absolute Gasteiger partial charge is 0.253 e. The van der Waals surface area contributed by atoms with Crippen molar-refractivity contribution < 1.29 is 4.79 Å². The number of halogens is 3. The molecular formula is C10H16Cl3N3O. The number of nitrogens with one attached hydrogen (secondary N) is 1. The SMILES string of the molecule is CC(C)(CN)NC(=O)c1ccncc1Cl.Cl.Cl. The molecule has 0 unspecified atom stereocenters. The molecule has 17 heavy (non-hydrogen) atoms. The summed E-state index contributed by atoms with van der Waals surface area (Å²) in [5, 5.41) is 3.12. The van der Waals surface area contributed by atoms with E-state index < -0.39 is 5.54 Å². The van der Waals surface area contributed by atoms with E-state index in [2.05, 4.69) is 10.3 Å². The first-order chi connectivity index (χ1) is 6.96. The van der Waals surface area contributed by atoms with Crippen molar-refractivity contribution in [3.05, 3.63) is 29.0 Å². The zero-order chi connectivity index (χ0) is 11.5. The van der Waals surface area contributed by atoms with Crippen molar-refractivity contribution >= 4 is 42.3 Å². The molecule has 1 aromatic heterocycles. The Kier molecular flexibility index (Phi) is 8.53. The van der Waals surface area contributed by atoms with Crippen molar-refractivity contribution in [3.63, 3.8) is 0 Å². The van der Waals surface area contributed by atoms with E-state index in [1.807, 2.05) is 13.8 Å². The van der Waals surface area contributed by atoms with Crippen LogP contribution in [-0.4, -0.2) is 23.0 Å². The number of pyridine rings is 1. The third kappa shape index (κ3) is 5.55. The number of aromatic nitrogens is 1. The van der Waals surface area contributed by atoms with Crippen LogP contribution in [0.3, 0.4) is 0 Å². The van der Waals surface area contributed by atoms with E-state index in [1.165, 1.54) is 12.4 Å². The second-order valence-electron chi connectivity index (χ2n) is 3.90. The van der Waals surface area contributed by atoms with E-state index in [1.54, 1.807) is 6.07 Å². The monoisotopic (exact) mass is 299 g/mol. The Hall–Kier alpha value is -0.550. The molecule has 4 nitrogen and oxygen atoms in total. The molecule has 0 saturated carbocycles. The fourth-order valence-electron chi connectivity index (χ4n) is 0.985. The minimum Gasteiger partial charge on any atom is -0.346 e. The van der Waals surface area contributed by atoms with Gasteiger partial charge in [0.15, 0.2) is 0 Å². The van der Waals surface area contributed by atoms with E-state index in [0.29, 0.717) is 17.1 Å². The Morgan fingerprint density at radius 2 is 2.12 bits per heavy atom. The van der Waals surface area contributed by atoms with Gasteiger partial charge < -0.3 is 11.1 Å². The van der Waals surface area contributed by atoms with Gasteiger partial charge in [-0.1, -0.05) is 11.6 Å².